The summed E-state index contributed by atoms with van der Waals surface area (Å²) in [5, 5.41) is 10.2. The highest BCUT2D eigenvalue weighted by atomic mass is 16.3. The average Bonchev–Trinajstić information content (AvgIpc) is 2.36. The van der Waals surface area contributed by atoms with Gasteiger partial charge in [0.15, 0.2) is 0 Å². The summed E-state index contributed by atoms with van der Waals surface area (Å²) in [6, 6.07) is 0. The highest BCUT2D eigenvalue weighted by Gasteiger charge is 2.45. The number of ketones is 1. The molecule has 2 heteroatoms. The van der Waals surface area contributed by atoms with Gasteiger partial charge in [-0.2, -0.15) is 0 Å². The van der Waals surface area contributed by atoms with Crippen molar-refractivity contribution in [2.75, 3.05) is 0 Å². The van der Waals surface area contributed by atoms with Crippen LogP contribution in [0.1, 0.15) is 47.5 Å². The fraction of sp³-hybridized carbons (Fsp3) is 0.786. The van der Waals surface area contributed by atoms with Crippen LogP contribution in [0.2, 0.25) is 0 Å². The van der Waals surface area contributed by atoms with E-state index in [1.165, 1.54) is 0 Å². The van der Waals surface area contributed by atoms with E-state index in [1.807, 2.05) is 0 Å². The first kappa shape index (κ1) is 13.4. The lowest BCUT2D eigenvalue weighted by Crippen LogP contribution is -2.36. The molecule has 92 valence electrons. The van der Waals surface area contributed by atoms with Crippen LogP contribution in [0.15, 0.2) is 12.2 Å². The molecule has 0 bridgehead atoms. The lowest BCUT2D eigenvalue weighted by molar-refractivity contribution is -0.128. The minimum absolute atomic E-state index is 0.103. The van der Waals surface area contributed by atoms with Gasteiger partial charge in [-0.25, -0.2) is 0 Å². The SMILES string of the molecule is CC(=O)[C@@H]1[C@@H](/C=C/C(C)(C)C)CC[C@]1(C)O. The minimum atomic E-state index is -0.821. The third kappa shape index (κ3) is 3.18. The molecule has 1 aliphatic carbocycles. The van der Waals surface area contributed by atoms with Crippen molar-refractivity contribution in [3.8, 4) is 0 Å². The van der Waals surface area contributed by atoms with E-state index in [-0.39, 0.29) is 23.0 Å². The Bertz CT molecular complexity index is 294. The summed E-state index contributed by atoms with van der Waals surface area (Å²) in [7, 11) is 0. The monoisotopic (exact) mass is 224 g/mol. The standard InChI is InChI=1S/C14H24O2/c1-10(15)12-11(6-8-13(2,3)4)7-9-14(12,5)16/h6,8,11-12,16H,7,9H2,1-5H3/b8-6+/t11-,12+,14-/m0/s1. The third-order valence-electron chi connectivity index (χ3n) is 3.36. The van der Waals surface area contributed by atoms with Crippen molar-refractivity contribution in [3.05, 3.63) is 12.2 Å². The van der Waals surface area contributed by atoms with Gasteiger partial charge in [-0.15, -0.1) is 0 Å². The Morgan fingerprint density at radius 1 is 1.44 bits per heavy atom. The van der Waals surface area contributed by atoms with Crippen molar-refractivity contribution in [1.29, 1.82) is 0 Å². The number of aliphatic hydroxyl groups is 1. The molecular formula is C14H24O2. The van der Waals surface area contributed by atoms with Crippen LogP contribution in [0.5, 0.6) is 0 Å². The van der Waals surface area contributed by atoms with E-state index in [2.05, 4.69) is 32.9 Å². The van der Waals surface area contributed by atoms with Gasteiger partial charge in [0.05, 0.1) is 11.5 Å². The Morgan fingerprint density at radius 3 is 2.44 bits per heavy atom. The molecular weight excluding hydrogens is 200 g/mol. The molecule has 0 radical (unpaired) electrons. The van der Waals surface area contributed by atoms with Crippen LogP contribution in [0.3, 0.4) is 0 Å². The molecule has 0 aromatic rings. The van der Waals surface area contributed by atoms with Gasteiger partial charge in [-0.1, -0.05) is 32.9 Å². The van der Waals surface area contributed by atoms with E-state index in [0.29, 0.717) is 0 Å². The van der Waals surface area contributed by atoms with Crippen LogP contribution in [0.4, 0.5) is 0 Å². The molecule has 0 spiro atoms. The van der Waals surface area contributed by atoms with E-state index in [4.69, 9.17) is 0 Å². The summed E-state index contributed by atoms with van der Waals surface area (Å²) in [5.41, 5.74) is -0.686. The quantitative estimate of drug-likeness (QED) is 0.732. The van der Waals surface area contributed by atoms with Crippen molar-refractivity contribution in [2.45, 2.75) is 53.1 Å². The average molecular weight is 224 g/mol. The van der Waals surface area contributed by atoms with Crippen LogP contribution in [0, 0.1) is 17.3 Å². The molecule has 0 saturated heterocycles. The first-order chi connectivity index (χ1) is 7.13. The van der Waals surface area contributed by atoms with Gasteiger partial charge < -0.3 is 5.11 Å². The lowest BCUT2D eigenvalue weighted by atomic mass is 9.82. The zero-order chi connectivity index (χ0) is 12.6. The second-order valence-electron chi connectivity index (χ2n) is 6.37. The first-order valence-electron chi connectivity index (χ1n) is 6.06. The van der Waals surface area contributed by atoms with E-state index in [1.54, 1.807) is 13.8 Å². The van der Waals surface area contributed by atoms with Crippen LogP contribution in [0.25, 0.3) is 0 Å². The maximum atomic E-state index is 11.6. The summed E-state index contributed by atoms with van der Waals surface area (Å²) in [6.45, 7) is 9.78. The van der Waals surface area contributed by atoms with Crippen LogP contribution in [-0.2, 0) is 4.79 Å². The summed E-state index contributed by atoms with van der Waals surface area (Å²) < 4.78 is 0. The number of carbonyl (C=O) groups is 1. The fourth-order valence-corrected chi connectivity index (χ4v) is 2.60. The minimum Gasteiger partial charge on any atom is -0.389 e. The normalized spacial score (nSPS) is 35.9. The molecule has 0 unspecified atom stereocenters. The summed E-state index contributed by atoms with van der Waals surface area (Å²) in [4.78, 5) is 11.6. The zero-order valence-corrected chi connectivity index (χ0v) is 11.1. The molecule has 1 rings (SSSR count). The molecule has 3 atom stereocenters. The van der Waals surface area contributed by atoms with Gasteiger partial charge in [0.25, 0.3) is 0 Å². The molecule has 1 fully saturated rings. The highest BCUT2D eigenvalue weighted by Crippen LogP contribution is 2.41. The number of carbonyl (C=O) groups excluding carboxylic acids is 1. The van der Waals surface area contributed by atoms with Crippen molar-refractivity contribution in [2.24, 2.45) is 17.3 Å². The molecule has 1 saturated carbocycles. The molecule has 0 heterocycles. The molecule has 0 amide bonds. The Morgan fingerprint density at radius 2 is 2.00 bits per heavy atom. The van der Waals surface area contributed by atoms with Gasteiger partial charge in [-0.05, 0) is 38.0 Å². The molecule has 2 nitrogen and oxygen atoms in total. The number of hydrogen-bond acceptors (Lipinski definition) is 2. The second kappa shape index (κ2) is 4.33. The predicted octanol–water partition coefficient (Wildman–Crippen LogP) is 2.95. The third-order valence-corrected chi connectivity index (χ3v) is 3.36. The maximum Gasteiger partial charge on any atom is 0.136 e. The van der Waals surface area contributed by atoms with E-state index < -0.39 is 5.60 Å². The van der Waals surface area contributed by atoms with Gasteiger partial charge in [0, 0.05) is 0 Å². The van der Waals surface area contributed by atoms with Crippen LogP contribution < -0.4 is 0 Å². The molecule has 1 N–H and O–H groups in total. The van der Waals surface area contributed by atoms with Gasteiger partial charge in [-0.3, -0.25) is 4.79 Å². The van der Waals surface area contributed by atoms with Gasteiger partial charge in [0.2, 0.25) is 0 Å². The predicted molar refractivity (Wildman–Crippen MR) is 66.1 cm³/mol. The van der Waals surface area contributed by atoms with Crippen molar-refractivity contribution in [1.82, 2.24) is 0 Å². The van der Waals surface area contributed by atoms with E-state index in [9.17, 15) is 9.90 Å². The Balaban J connectivity index is 2.83. The molecule has 0 aromatic heterocycles. The zero-order valence-electron chi connectivity index (χ0n) is 11.1. The lowest BCUT2D eigenvalue weighted by Gasteiger charge is -2.26. The fourth-order valence-electron chi connectivity index (χ4n) is 2.60. The van der Waals surface area contributed by atoms with E-state index >= 15 is 0 Å². The van der Waals surface area contributed by atoms with Crippen LogP contribution in [-0.4, -0.2) is 16.5 Å². The Kier molecular flexibility index (Phi) is 3.63. The largest absolute Gasteiger partial charge is 0.389 e. The van der Waals surface area contributed by atoms with E-state index in [0.717, 1.165) is 12.8 Å². The van der Waals surface area contributed by atoms with Crippen molar-refractivity contribution >= 4 is 5.78 Å². The Hall–Kier alpha value is -0.630. The smallest absolute Gasteiger partial charge is 0.136 e. The van der Waals surface area contributed by atoms with Gasteiger partial charge >= 0.3 is 0 Å². The number of allylic oxidation sites excluding steroid dienone is 2. The summed E-state index contributed by atoms with van der Waals surface area (Å²) >= 11 is 0. The number of Topliss-reactive ketones (excluding diaryl/α,β-unsaturated/α-hetero) is 1. The Labute approximate surface area is 98.7 Å². The van der Waals surface area contributed by atoms with Crippen molar-refractivity contribution in [3.63, 3.8) is 0 Å². The molecule has 0 aliphatic heterocycles. The second-order valence-corrected chi connectivity index (χ2v) is 6.37. The van der Waals surface area contributed by atoms with Gasteiger partial charge in [0.1, 0.15) is 5.78 Å². The van der Waals surface area contributed by atoms with Crippen LogP contribution >= 0.6 is 0 Å². The number of rotatable bonds is 2. The number of hydrogen-bond donors (Lipinski definition) is 1. The summed E-state index contributed by atoms with van der Waals surface area (Å²) in [6.07, 6.45) is 5.89. The summed E-state index contributed by atoms with van der Waals surface area (Å²) in [5.74, 6) is 0.0730. The highest BCUT2D eigenvalue weighted by molar-refractivity contribution is 5.80. The first-order valence-corrected chi connectivity index (χ1v) is 6.06. The molecule has 0 aromatic carbocycles. The van der Waals surface area contributed by atoms with Crippen molar-refractivity contribution < 1.29 is 9.90 Å². The maximum absolute atomic E-state index is 11.6. The molecule has 16 heavy (non-hydrogen) atoms. The molecule has 1 aliphatic rings. The topological polar surface area (TPSA) is 37.3 Å².